The van der Waals surface area contributed by atoms with Gasteiger partial charge >= 0.3 is 0 Å². The molecule has 2 unspecified atom stereocenters. The summed E-state index contributed by atoms with van der Waals surface area (Å²) < 4.78 is 0. The predicted molar refractivity (Wildman–Crippen MR) is 88.8 cm³/mol. The maximum Gasteiger partial charge on any atom is 0.237 e. The van der Waals surface area contributed by atoms with Crippen molar-refractivity contribution in [1.29, 1.82) is 0 Å². The SMILES string of the molecule is CC(NC(=O)C1Cc2ccccc2CN1)c1cccc(Cl)c1. The van der Waals surface area contributed by atoms with Gasteiger partial charge in [0.15, 0.2) is 0 Å². The van der Waals surface area contributed by atoms with Crippen molar-refractivity contribution in [3.05, 3.63) is 70.2 Å². The van der Waals surface area contributed by atoms with Crippen molar-refractivity contribution in [2.45, 2.75) is 32.0 Å². The molecule has 2 atom stereocenters. The summed E-state index contributed by atoms with van der Waals surface area (Å²) in [4.78, 5) is 12.5. The summed E-state index contributed by atoms with van der Waals surface area (Å²) in [6.07, 6.45) is 0.726. The predicted octanol–water partition coefficient (Wildman–Crippen LogP) is 3.23. The number of amides is 1. The monoisotopic (exact) mass is 314 g/mol. The van der Waals surface area contributed by atoms with Crippen LogP contribution in [-0.2, 0) is 17.8 Å². The molecule has 1 heterocycles. The van der Waals surface area contributed by atoms with Crippen LogP contribution in [0.15, 0.2) is 48.5 Å². The Morgan fingerprint density at radius 3 is 2.77 bits per heavy atom. The highest BCUT2D eigenvalue weighted by Crippen LogP contribution is 2.19. The maximum atomic E-state index is 12.5. The van der Waals surface area contributed by atoms with Crippen molar-refractivity contribution in [2.24, 2.45) is 0 Å². The summed E-state index contributed by atoms with van der Waals surface area (Å²) in [7, 11) is 0. The standard InChI is InChI=1S/C18H19ClN2O/c1-12(13-7-4-8-16(19)9-13)21-18(22)17-10-14-5-2-3-6-15(14)11-20-17/h2-9,12,17,20H,10-11H2,1H3,(H,21,22). The van der Waals surface area contributed by atoms with Gasteiger partial charge in [-0.3, -0.25) is 4.79 Å². The zero-order valence-electron chi connectivity index (χ0n) is 12.5. The molecule has 1 aliphatic rings. The Kier molecular flexibility index (Phi) is 4.46. The van der Waals surface area contributed by atoms with Crippen molar-refractivity contribution >= 4 is 17.5 Å². The molecule has 2 aromatic rings. The van der Waals surface area contributed by atoms with Crippen molar-refractivity contribution in [3.8, 4) is 0 Å². The molecule has 2 N–H and O–H groups in total. The average Bonchev–Trinajstić information content (AvgIpc) is 2.54. The van der Waals surface area contributed by atoms with Gasteiger partial charge in [-0.2, -0.15) is 0 Å². The highest BCUT2D eigenvalue weighted by atomic mass is 35.5. The number of carbonyl (C=O) groups excluding carboxylic acids is 1. The van der Waals surface area contributed by atoms with Gasteiger partial charge in [-0.25, -0.2) is 0 Å². The number of fused-ring (bicyclic) bond motifs is 1. The lowest BCUT2D eigenvalue weighted by Crippen LogP contribution is -2.48. The van der Waals surface area contributed by atoms with Gasteiger partial charge in [0.05, 0.1) is 12.1 Å². The van der Waals surface area contributed by atoms with E-state index in [9.17, 15) is 4.79 Å². The first kappa shape index (κ1) is 15.1. The Morgan fingerprint density at radius 1 is 1.23 bits per heavy atom. The van der Waals surface area contributed by atoms with Crippen LogP contribution < -0.4 is 10.6 Å². The molecule has 0 aromatic heterocycles. The van der Waals surface area contributed by atoms with Gasteiger partial charge in [0.2, 0.25) is 5.91 Å². The summed E-state index contributed by atoms with van der Waals surface area (Å²) in [6.45, 7) is 2.71. The Balaban J connectivity index is 1.65. The molecule has 2 aromatic carbocycles. The number of hydrogen-bond donors (Lipinski definition) is 2. The molecule has 22 heavy (non-hydrogen) atoms. The van der Waals surface area contributed by atoms with Crippen LogP contribution in [0.25, 0.3) is 0 Å². The first-order valence-electron chi connectivity index (χ1n) is 7.49. The van der Waals surface area contributed by atoms with Crippen LogP contribution in [0.2, 0.25) is 5.02 Å². The smallest absolute Gasteiger partial charge is 0.237 e. The maximum absolute atomic E-state index is 12.5. The van der Waals surface area contributed by atoms with E-state index >= 15 is 0 Å². The van der Waals surface area contributed by atoms with Crippen molar-refractivity contribution < 1.29 is 4.79 Å². The number of rotatable bonds is 3. The van der Waals surface area contributed by atoms with Crippen LogP contribution in [0.4, 0.5) is 0 Å². The van der Waals surface area contributed by atoms with Crippen LogP contribution in [0.1, 0.15) is 29.7 Å². The third-order valence-electron chi connectivity index (χ3n) is 4.11. The lowest BCUT2D eigenvalue weighted by atomic mass is 9.95. The zero-order valence-corrected chi connectivity index (χ0v) is 13.2. The highest BCUT2D eigenvalue weighted by Gasteiger charge is 2.24. The minimum Gasteiger partial charge on any atom is -0.348 e. The third-order valence-corrected chi connectivity index (χ3v) is 4.34. The molecule has 0 fully saturated rings. The molecule has 3 rings (SSSR count). The van der Waals surface area contributed by atoms with E-state index in [4.69, 9.17) is 11.6 Å². The Morgan fingerprint density at radius 2 is 2.00 bits per heavy atom. The molecular weight excluding hydrogens is 296 g/mol. The van der Waals surface area contributed by atoms with E-state index in [2.05, 4.69) is 22.8 Å². The van der Waals surface area contributed by atoms with E-state index in [1.54, 1.807) is 0 Å². The van der Waals surface area contributed by atoms with Crippen molar-refractivity contribution in [1.82, 2.24) is 10.6 Å². The molecule has 0 saturated heterocycles. The quantitative estimate of drug-likeness (QED) is 0.913. The largest absolute Gasteiger partial charge is 0.348 e. The Bertz CT molecular complexity index is 686. The molecule has 114 valence electrons. The van der Waals surface area contributed by atoms with E-state index in [1.807, 2.05) is 43.3 Å². The van der Waals surface area contributed by atoms with Gasteiger partial charge in [-0.1, -0.05) is 48.0 Å². The van der Waals surface area contributed by atoms with E-state index < -0.39 is 0 Å². The van der Waals surface area contributed by atoms with Gasteiger partial charge in [0, 0.05) is 11.6 Å². The normalized spacial score (nSPS) is 18.4. The summed E-state index contributed by atoms with van der Waals surface area (Å²) >= 11 is 6.01. The summed E-state index contributed by atoms with van der Waals surface area (Å²) in [5.41, 5.74) is 3.53. The second-order valence-electron chi connectivity index (χ2n) is 5.69. The zero-order chi connectivity index (χ0) is 15.5. The van der Waals surface area contributed by atoms with Crippen LogP contribution in [0.5, 0.6) is 0 Å². The fourth-order valence-corrected chi connectivity index (χ4v) is 3.01. The van der Waals surface area contributed by atoms with Gasteiger partial charge < -0.3 is 10.6 Å². The molecule has 0 aliphatic carbocycles. The molecule has 1 aliphatic heterocycles. The fraction of sp³-hybridized carbons (Fsp3) is 0.278. The number of carbonyl (C=O) groups is 1. The van der Waals surface area contributed by atoms with Crippen LogP contribution >= 0.6 is 11.6 Å². The molecule has 0 bridgehead atoms. The summed E-state index contributed by atoms with van der Waals surface area (Å²) in [5, 5.41) is 7.05. The molecular formula is C18H19ClN2O. The highest BCUT2D eigenvalue weighted by molar-refractivity contribution is 6.30. The molecule has 0 saturated carbocycles. The number of hydrogen-bond acceptors (Lipinski definition) is 2. The number of nitrogens with one attached hydrogen (secondary N) is 2. The third kappa shape index (κ3) is 3.32. The van der Waals surface area contributed by atoms with Gasteiger partial charge in [-0.05, 0) is 42.2 Å². The number of halogens is 1. The molecule has 3 nitrogen and oxygen atoms in total. The van der Waals surface area contributed by atoms with Crippen molar-refractivity contribution in [2.75, 3.05) is 0 Å². The lowest BCUT2D eigenvalue weighted by Gasteiger charge is -2.26. The van der Waals surface area contributed by atoms with Gasteiger partial charge in [0.1, 0.15) is 0 Å². The molecule has 4 heteroatoms. The lowest BCUT2D eigenvalue weighted by molar-refractivity contribution is -0.124. The van der Waals surface area contributed by atoms with E-state index in [1.165, 1.54) is 11.1 Å². The van der Waals surface area contributed by atoms with Gasteiger partial charge in [0.25, 0.3) is 0 Å². The van der Waals surface area contributed by atoms with Crippen molar-refractivity contribution in [3.63, 3.8) is 0 Å². The van der Waals surface area contributed by atoms with Gasteiger partial charge in [-0.15, -0.1) is 0 Å². The summed E-state index contributed by atoms with van der Waals surface area (Å²) in [5.74, 6) is 0.0296. The first-order valence-corrected chi connectivity index (χ1v) is 7.87. The molecule has 1 amide bonds. The summed E-state index contributed by atoms with van der Waals surface area (Å²) in [6, 6.07) is 15.6. The minimum atomic E-state index is -0.184. The Hall–Kier alpha value is -1.84. The second-order valence-corrected chi connectivity index (χ2v) is 6.13. The fourth-order valence-electron chi connectivity index (χ4n) is 2.81. The number of benzene rings is 2. The van der Waals surface area contributed by atoms with E-state index in [-0.39, 0.29) is 18.0 Å². The van der Waals surface area contributed by atoms with Crippen LogP contribution in [0, 0.1) is 0 Å². The van der Waals surface area contributed by atoms with E-state index in [0.29, 0.717) is 5.02 Å². The first-order chi connectivity index (χ1) is 10.6. The minimum absolute atomic E-state index is 0.0296. The van der Waals surface area contributed by atoms with Crippen LogP contribution in [-0.4, -0.2) is 11.9 Å². The van der Waals surface area contributed by atoms with E-state index in [0.717, 1.165) is 18.5 Å². The van der Waals surface area contributed by atoms with Crippen LogP contribution in [0.3, 0.4) is 0 Å². The molecule has 0 radical (unpaired) electrons. The topological polar surface area (TPSA) is 41.1 Å². The molecule has 0 spiro atoms. The Labute approximate surface area is 135 Å². The second kappa shape index (κ2) is 6.51. The average molecular weight is 315 g/mol.